The van der Waals surface area contributed by atoms with Crippen molar-refractivity contribution < 1.29 is 9.59 Å². The van der Waals surface area contributed by atoms with Crippen molar-refractivity contribution in [1.29, 1.82) is 0 Å². The molecule has 0 unspecified atom stereocenters. The van der Waals surface area contributed by atoms with E-state index in [1.807, 2.05) is 24.3 Å². The molecule has 2 N–H and O–H groups in total. The number of amides is 2. The summed E-state index contributed by atoms with van der Waals surface area (Å²) in [6.45, 7) is 4.88. The Morgan fingerprint density at radius 1 is 1.15 bits per heavy atom. The average molecular weight is 341 g/mol. The third kappa shape index (κ3) is 6.70. The van der Waals surface area contributed by atoms with Crippen molar-refractivity contribution in [3.8, 4) is 0 Å². The van der Waals surface area contributed by atoms with Crippen molar-refractivity contribution in [3.05, 3.63) is 34.3 Å². The number of halogens is 1. The van der Waals surface area contributed by atoms with E-state index in [0.29, 0.717) is 12.5 Å². The fourth-order valence-corrected chi connectivity index (χ4v) is 2.04. The summed E-state index contributed by atoms with van der Waals surface area (Å²) in [7, 11) is 0. The fraction of sp³-hybridized carbons (Fsp3) is 0.467. The van der Waals surface area contributed by atoms with E-state index in [-0.39, 0.29) is 24.8 Å². The van der Waals surface area contributed by atoms with Crippen LogP contribution in [0.4, 0.5) is 0 Å². The summed E-state index contributed by atoms with van der Waals surface area (Å²) in [5.41, 5.74) is 0.908. The van der Waals surface area contributed by atoms with Crippen molar-refractivity contribution in [2.24, 2.45) is 5.92 Å². The third-order valence-corrected chi connectivity index (χ3v) is 3.57. The summed E-state index contributed by atoms with van der Waals surface area (Å²) >= 11 is 3.39. The molecule has 0 spiro atoms. The standard InChI is InChI=1S/C15H21BrN2O2/c1-11(2)7-8-17-15(20)10-18-14(19)9-12-5-3-4-6-13(12)16/h3-6,11H,7-10H2,1-2H3,(H,17,20)(H,18,19). The smallest absolute Gasteiger partial charge is 0.239 e. The van der Waals surface area contributed by atoms with Crippen LogP contribution >= 0.6 is 15.9 Å². The second-order valence-corrected chi connectivity index (χ2v) is 5.93. The lowest BCUT2D eigenvalue weighted by Crippen LogP contribution is -2.38. The van der Waals surface area contributed by atoms with Gasteiger partial charge in [-0.3, -0.25) is 9.59 Å². The lowest BCUT2D eigenvalue weighted by molar-refractivity contribution is -0.125. The lowest BCUT2D eigenvalue weighted by Gasteiger charge is -2.09. The highest BCUT2D eigenvalue weighted by atomic mass is 79.9. The number of benzene rings is 1. The van der Waals surface area contributed by atoms with E-state index < -0.39 is 0 Å². The maximum atomic E-state index is 11.7. The van der Waals surface area contributed by atoms with Gasteiger partial charge in [-0.15, -0.1) is 0 Å². The summed E-state index contributed by atoms with van der Waals surface area (Å²) in [5.74, 6) is 0.252. The van der Waals surface area contributed by atoms with E-state index >= 15 is 0 Å². The van der Waals surface area contributed by atoms with Crippen LogP contribution in [0, 0.1) is 5.92 Å². The molecule has 0 aromatic heterocycles. The first-order valence-corrected chi connectivity index (χ1v) is 7.55. The molecule has 0 aliphatic rings. The molecular formula is C15H21BrN2O2. The first-order valence-electron chi connectivity index (χ1n) is 6.76. The molecule has 0 aliphatic heterocycles. The van der Waals surface area contributed by atoms with Crippen LogP contribution in [0.3, 0.4) is 0 Å². The first-order chi connectivity index (χ1) is 9.49. The van der Waals surface area contributed by atoms with Gasteiger partial charge in [0.1, 0.15) is 0 Å². The number of hydrogen-bond acceptors (Lipinski definition) is 2. The monoisotopic (exact) mass is 340 g/mol. The number of carbonyl (C=O) groups excluding carboxylic acids is 2. The average Bonchev–Trinajstić information content (AvgIpc) is 2.39. The molecule has 0 saturated carbocycles. The molecule has 0 aliphatic carbocycles. The van der Waals surface area contributed by atoms with E-state index in [0.717, 1.165) is 16.5 Å². The highest BCUT2D eigenvalue weighted by molar-refractivity contribution is 9.10. The Kier molecular flexibility index (Phi) is 7.30. The van der Waals surface area contributed by atoms with E-state index in [9.17, 15) is 9.59 Å². The van der Waals surface area contributed by atoms with Crippen molar-refractivity contribution in [2.75, 3.05) is 13.1 Å². The topological polar surface area (TPSA) is 58.2 Å². The largest absolute Gasteiger partial charge is 0.355 e. The van der Waals surface area contributed by atoms with Crippen LogP contribution in [0.1, 0.15) is 25.8 Å². The minimum Gasteiger partial charge on any atom is -0.355 e. The zero-order valence-electron chi connectivity index (χ0n) is 11.9. The fourth-order valence-electron chi connectivity index (χ4n) is 1.62. The van der Waals surface area contributed by atoms with E-state index in [2.05, 4.69) is 40.4 Å². The van der Waals surface area contributed by atoms with Gasteiger partial charge in [-0.2, -0.15) is 0 Å². The van der Waals surface area contributed by atoms with Gasteiger partial charge < -0.3 is 10.6 Å². The van der Waals surface area contributed by atoms with E-state index in [4.69, 9.17) is 0 Å². The Bertz CT molecular complexity index is 461. The molecule has 110 valence electrons. The van der Waals surface area contributed by atoms with Crippen molar-refractivity contribution in [1.82, 2.24) is 10.6 Å². The molecule has 0 saturated heterocycles. The van der Waals surface area contributed by atoms with Gasteiger partial charge in [0.05, 0.1) is 13.0 Å². The van der Waals surface area contributed by atoms with Crippen LogP contribution in [0.25, 0.3) is 0 Å². The number of hydrogen-bond donors (Lipinski definition) is 2. The van der Waals surface area contributed by atoms with E-state index in [1.54, 1.807) is 0 Å². The molecule has 1 rings (SSSR count). The van der Waals surface area contributed by atoms with Crippen molar-refractivity contribution in [3.63, 3.8) is 0 Å². The molecule has 2 amide bonds. The minimum atomic E-state index is -0.157. The van der Waals surface area contributed by atoms with Crippen LogP contribution in [0.5, 0.6) is 0 Å². The zero-order valence-corrected chi connectivity index (χ0v) is 13.5. The van der Waals surface area contributed by atoms with Crippen LogP contribution in [0.15, 0.2) is 28.7 Å². The van der Waals surface area contributed by atoms with Gasteiger partial charge in [0, 0.05) is 11.0 Å². The third-order valence-electron chi connectivity index (χ3n) is 2.80. The van der Waals surface area contributed by atoms with Crippen molar-refractivity contribution in [2.45, 2.75) is 26.7 Å². The molecule has 1 aromatic carbocycles. The molecule has 0 atom stereocenters. The quantitative estimate of drug-likeness (QED) is 0.799. The normalized spacial score (nSPS) is 10.4. The predicted octanol–water partition coefficient (Wildman–Crippen LogP) is 2.27. The molecular weight excluding hydrogens is 320 g/mol. The number of carbonyl (C=O) groups is 2. The molecule has 1 aromatic rings. The minimum absolute atomic E-state index is 0.0291. The summed E-state index contributed by atoms with van der Waals surface area (Å²) < 4.78 is 0.900. The highest BCUT2D eigenvalue weighted by Gasteiger charge is 2.08. The molecule has 0 bridgehead atoms. The maximum absolute atomic E-state index is 11.7. The van der Waals surface area contributed by atoms with Gasteiger partial charge in [0.2, 0.25) is 11.8 Å². The van der Waals surface area contributed by atoms with Gasteiger partial charge in [-0.25, -0.2) is 0 Å². The Morgan fingerprint density at radius 3 is 2.50 bits per heavy atom. The summed E-state index contributed by atoms with van der Waals surface area (Å²) in [6, 6.07) is 7.55. The summed E-state index contributed by atoms with van der Waals surface area (Å²) in [4.78, 5) is 23.3. The number of nitrogens with one attached hydrogen (secondary N) is 2. The van der Waals surface area contributed by atoms with Gasteiger partial charge in [0.15, 0.2) is 0 Å². The van der Waals surface area contributed by atoms with Crippen LogP contribution in [-0.4, -0.2) is 24.9 Å². The zero-order chi connectivity index (χ0) is 15.0. The van der Waals surface area contributed by atoms with Gasteiger partial charge in [-0.05, 0) is 24.0 Å². The molecule has 5 heteroatoms. The molecule has 0 fully saturated rings. The van der Waals surface area contributed by atoms with Crippen molar-refractivity contribution >= 4 is 27.7 Å². The second-order valence-electron chi connectivity index (χ2n) is 5.08. The Balaban J connectivity index is 2.26. The van der Waals surface area contributed by atoms with Crippen LogP contribution in [-0.2, 0) is 16.0 Å². The SMILES string of the molecule is CC(C)CCNC(=O)CNC(=O)Cc1ccccc1Br. The Morgan fingerprint density at radius 2 is 1.85 bits per heavy atom. The first kappa shape index (κ1) is 16.7. The maximum Gasteiger partial charge on any atom is 0.239 e. The lowest BCUT2D eigenvalue weighted by atomic mass is 10.1. The van der Waals surface area contributed by atoms with Gasteiger partial charge in [-0.1, -0.05) is 48.0 Å². The molecule has 20 heavy (non-hydrogen) atoms. The summed E-state index contributed by atoms with van der Waals surface area (Å²) in [6.07, 6.45) is 1.21. The Labute approximate surface area is 128 Å². The van der Waals surface area contributed by atoms with Gasteiger partial charge >= 0.3 is 0 Å². The number of rotatable bonds is 7. The van der Waals surface area contributed by atoms with Crippen LogP contribution < -0.4 is 10.6 Å². The highest BCUT2D eigenvalue weighted by Crippen LogP contribution is 2.15. The molecule has 0 radical (unpaired) electrons. The van der Waals surface area contributed by atoms with Gasteiger partial charge in [0.25, 0.3) is 0 Å². The molecule has 0 heterocycles. The molecule has 4 nitrogen and oxygen atoms in total. The summed E-state index contributed by atoms with van der Waals surface area (Å²) in [5, 5.41) is 5.41. The second kappa shape index (κ2) is 8.74. The van der Waals surface area contributed by atoms with Crippen LogP contribution in [0.2, 0.25) is 0 Å². The van der Waals surface area contributed by atoms with E-state index in [1.165, 1.54) is 0 Å². The Hall–Kier alpha value is -1.36. The predicted molar refractivity (Wildman–Crippen MR) is 83.3 cm³/mol.